The molecule has 0 aliphatic carbocycles. The smallest absolute Gasteiger partial charge is 0.203 e. The van der Waals surface area contributed by atoms with Crippen LogP contribution in [0.4, 0.5) is 0 Å². The van der Waals surface area contributed by atoms with Gasteiger partial charge in [-0.05, 0) is 26.0 Å². The van der Waals surface area contributed by atoms with Crippen LogP contribution in [0.25, 0.3) is 0 Å². The largest absolute Gasteiger partial charge is 0.466 e. The number of para-hydroxylation sites is 1. The first kappa shape index (κ1) is 15.8. The molecule has 0 amide bonds. The number of fused-ring (bicyclic) bond motifs is 4. The third-order valence-corrected chi connectivity index (χ3v) is 5.59. The number of ether oxygens (including phenoxy) is 2. The maximum absolute atomic E-state index is 6.62. The van der Waals surface area contributed by atoms with Crippen molar-refractivity contribution >= 4 is 5.71 Å². The lowest BCUT2D eigenvalue weighted by atomic mass is 9.86. The molecular weight excluding hydrogens is 326 g/mol. The second kappa shape index (κ2) is 5.55. The van der Waals surface area contributed by atoms with Crippen molar-refractivity contribution < 1.29 is 9.47 Å². The number of hydrazone groups is 1. The van der Waals surface area contributed by atoms with Crippen molar-refractivity contribution in [2.45, 2.75) is 50.5 Å². The Bertz CT molecular complexity index is 865. The first-order valence-electron chi connectivity index (χ1n) is 9.26. The molecule has 26 heavy (non-hydrogen) atoms. The summed E-state index contributed by atoms with van der Waals surface area (Å²) in [4.78, 5) is 4.27. The number of rotatable bonds is 1. The molecule has 1 aromatic carbocycles. The molecule has 1 fully saturated rings. The van der Waals surface area contributed by atoms with Gasteiger partial charge in [0.2, 0.25) is 5.72 Å². The summed E-state index contributed by atoms with van der Waals surface area (Å²) in [5.41, 5.74) is 2.69. The maximum Gasteiger partial charge on any atom is 0.203 e. The highest BCUT2D eigenvalue weighted by atomic mass is 16.5. The topological polar surface area (TPSA) is 47.0 Å². The lowest BCUT2D eigenvalue weighted by Gasteiger charge is -2.52. The van der Waals surface area contributed by atoms with E-state index in [1.165, 1.54) is 5.56 Å². The van der Waals surface area contributed by atoms with Gasteiger partial charge in [-0.15, -0.1) is 0 Å². The normalized spacial score (nSPS) is 28.9. The molecule has 5 rings (SSSR count). The van der Waals surface area contributed by atoms with Crippen LogP contribution in [0.5, 0.6) is 5.75 Å². The molecule has 3 aliphatic heterocycles. The van der Waals surface area contributed by atoms with Crippen LogP contribution in [0.15, 0.2) is 53.9 Å². The van der Waals surface area contributed by atoms with Gasteiger partial charge in [0.25, 0.3) is 0 Å². The Balaban J connectivity index is 1.62. The monoisotopic (exact) mass is 349 g/mol. The van der Waals surface area contributed by atoms with Gasteiger partial charge in [0, 0.05) is 42.8 Å². The molecule has 1 spiro atoms. The summed E-state index contributed by atoms with van der Waals surface area (Å²) in [5.74, 6) is 0.981. The van der Waals surface area contributed by atoms with E-state index in [0.29, 0.717) is 6.61 Å². The summed E-state index contributed by atoms with van der Waals surface area (Å²) in [6.45, 7) is 4.94. The lowest BCUT2D eigenvalue weighted by molar-refractivity contribution is -0.212. The second-order valence-electron chi connectivity index (χ2n) is 7.97. The molecule has 134 valence electrons. The number of hydrogen-bond donors (Lipinski definition) is 0. The average molecular weight is 349 g/mol. The van der Waals surface area contributed by atoms with Crippen LogP contribution in [0, 0.1) is 0 Å². The Kier molecular flexibility index (Phi) is 3.38. The molecule has 1 aromatic heterocycles. The molecule has 2 atom stereocenters. The third-order valence-electron chi connectivity index (χ3n) is 5.59. The van der Waals surface area contributed by atoms with Crippen molar-refractivity contribution in [3.63, 3.8) is 0 Å². The van der Waals surface area contributed by atoms with Gasteiger partial charge in [-0.25, -0.2) is 5.01 Å². The van der Waals surface area contributed by atoms with Crippen molar-refractivity contribution in [1.29, 1.82) is 0 Å². The molecule has 0 saturated carbocycles. The highest BCUT2D eigenvalue weighted by Gasteiger charge is 2.54. The number of benzene rings is 1. The van der Waals surface area contributed by atoms with Crippen LogP contribution in [0.2, 0.25) is 0 Å². The molecule has 0 unspecified atom stereocenters. The van der Waals surface area contributed by atoms with Gasteiger partial charge in [-0.1, -0.05) is 24.3 Å². The van der Waals surface area contributed by atoms with E-state index in [1.807, 2.05) is 18.3 Å². The highest BCUT2D eigenvalue weighted by molar-refractivity contribution is 6.01. The van der Waals surface area contributed by atoms with E-state index in [0.717, 1.165) is 36.3 Å². The average Bonchev–Trinajstić information content (AvgIpc) is 3.09. The molecule has 4 heterocycles. The van der Waals surface area contributed by atoms with Crippen molar-refractivity contribution in [2.75, 3.05) is 6.61 Å². The first-order chi connectivity index (χ1) is 12.6. The van der Waals surface area contributed by atoms with Gasteiger partial charge in [-0.3, -0.25) is 4.98 Å². The summed E-state index contributed by atoms with van der Waals surface area (Å²) < 4.78 is 12.6. The van der Waals surface area contributed by atoms with E-state index in [2.05, 4.69) is 48.1 Å². The zero-order chi connectivity index (χ0) is 17.8. The molecule has 3 aliphatic rings. The van der Waals surface area contributed by atoms with Crippen LogP contribution in [0.1, 0.15) is 50.3 Å². The van der Waals surface area contributed by atoms with Gasteiger partial charge in [0.1, 0.15) is 5.75 Å². The van der Waals surface area contributed by atoms with Crippen LogP contribution in [-0.4, -0.2) is 33.6 Å². The van der Waals surface area contributed by atoms with Gasteiger partial charge < -0.3 is 9.47 Å². The fourth-order valence-corrected chi connectivity index (χ4v) is 4.51. The maximum atomic E-state index is 6.62. The zero-order valence-electron chi connectivity index (χ0n) is 15.2. The zero-order valence-corrected chi connectivity index (χ0v) is 15.2. The number of nitrogens with zero attached hydrogens (tertiary/aromatic N) is 3. The minimum absolute atomic E-state index is 0.198. The summed E-state index contributed by atoms with van der Waals surface area (Å²) in [6.07, 6.45) is 6.16. The summed E-state index contributed by atoms with van der Waals surface area (Å²) >= 11 is 0. The van der Waals surface area contributed by atoms with Crippen molar-refractivity contribution in [2.24, 2.45) is 5.10 Å². The van der Waals surface area contributed by atoms with Crippen molar-refractivity contribution in [3.05, 3.63) is 59.9 Å². The molecular formula is C21H23N3O2. The van der Waals surface area contributed by atoms with Crippen LogP contribution < -0.4 is 4.74 Å². The Labute approximate surface area is 153 Å². The Hall–Kier alpha value is -2.40. The highest BCUT2D eigenvalue weighted by Crippen LogP contribution is 2.51. The van der Waals surface area contributed by atoms with Crippen LogP contribution in [0.3, 0.4) is 0 Å². The minimum Gasteiger partial charge on any atom is -0.466 e. The van der Waals surface area contributed by atoms with E-state index in [9.17, 15) is 0 Å². The van der Waals surface area contributed by atoms with Gasteiger partial charge in [0.15, 0.2) is 0 Å². The fourth-order valence-electron chi connectivity index (χ4n) is 4.51. The van der Waals surface area contributed by atoms with Gasteiger partial charge in [0.05, 0.1) is 24.0 Å². The number of aromatic nitrogens is 1. The van der Waals surface area contributed by atoms with E-state index in [1.54, 1.807) is 6.20 Å². The molecule has 0 radical (unpaired) electrons. The van der Waals surface area contributed by atoms with Crippen LogP contribution in [-0.2, 0) is 4.74 Å². The number of pyridine rings is 1. The second-order valence-corrected chi connectivity index (χ2v) is 7.97. The van der Waals surface area contributed by atoms with E-state index in [4.69, 9.17) is 14.6 Å². The quantitative estimate of drug-likeness (QED) is 0.783. The Morgan fingerprint density at radius 1 is 1.15 bits per heavy atom. The van der Waals surface area contributed by atoms with Gasteiger partial charge in [-0.2, -0.15) is 5.10 Å². The predicted molar refractivity (Wildman–Crippen MR) is 99.0 cm³/mol. The molecule has 5 nitrogen and oxygen atoms in total. The molecule has 1 saturated heterocycles. The lowest BCUT2D eigenvalue weighted by Crippen LogP contribution is -2.60. The standard InChI is InChI=1S/C21H23N3O2/c1-20(2)14-21(9-11-25-20)24-18(16-7-3-4-8-19(16)26-21)12-17(23-24)15-6-5-10-22-13-15/h3-8,10,13,18H,9,11-12,14H2,1-2H3/t18-,21-/m0/s1. The molecule has 0 N–H and O–H groups in total. The van der Waals surface area contributed by atoms with E-state index >= 15 is 0 Å². The van der Waals surface area contributed by atoms with E-state index in [-0.39, 0.29) is 11.6 Å². The summed E-state index contributed by atoms with van der Waals surface area (Å²) in [6, 6.07) is 12.6. The number of hydrogen-bond acceptors (Lipinski definition) is 5. The Morgan fingerprint density at radius 3 is 2.85 bits per heavy atom. The van der Waals surface area contributed by atoms with Crippen LogP contribution >= 0.6 is 0 Å². The van der Waals surface area contributed by atoms with Crippen molar-refractivity contribution in [3.8, 4) is 5.75 Å². The molecule has 2 aromatic rings. The first-order valence-corrected chi connectivity index (χ1v) is 9.26. The predicted octanol–water partition coefficient (Wildman–Crippen LogP) is 3.91. The third kappa shape index (κ3) is 2.42. The molecule has 5 heteroatoms. The molecule has 0 bridgehead atoms. The Morgan fingerprint density at radius 2 is 2.04 bits per heavy atom. The summed E-state index contributed by atoms with van der Waals surface area (Å²) in [7, 11) is 0. The summed E-state index contributed by atoms with van der Waals surface area (Å²) in [5, 5.41) is 7.26. The van der Waals surface area contributed by atoms with Crippen molar-refractivity contribution in [1.82, 2.24) is 9.99 Å². The SMILES string of the molecule is CC1(C)C[C@]2(CCO1)Oc1ccccc1[C@@H]1CC(c3cccnc3)=NN12. The fraction of sp³-hybridized carbons (Fsp3) is 0.429. The van der Waals surface area contributed by atoms with Gasteiger partial charge >= 0.3 is 0 Å². The van der Waals surface area contributed by atoms with E-state index < -0.39 is 5.72 Å². The minimum atomic E-state index is -0.454.